The van der Waals surface area contributed by atoms with Crippen molar-refractivity contribution in [1.82, 2.24) is 35.0 Å². The molecule has 0 N–H and O–H groups in total. The van der Waals surface area contributed by atoms with Crippen LogP contribution in [0.15, 0.2) is 55.1 Å². The lowest BCUT2D eigenvalue weighted by Crippen LogP contribution is -2.48. The van der Waals surface area contributed by atoms with Gasteiger partial charge in [-0.1, -0.05) is 6.07 Å². The molecule has 26 heavy (non-hydrogen) atoms. The Kier molecular flexibility index (Phi) is 4.65. The van der Waals surface area contributed by atoms with Gasteiger partial charge in [0.05, 0.1) is 5.69 Å². The minimum absolute atomic E-state index is 0.0449. The van der Waals surface area contributed by atoms with Gasteiger partial charge >= 0.3 is 0 Å². The van der Waals surface area contributed by atoms with Gasteiger partial charge in [0.1, 0.15) is 6.33 Å². The van der Waals surface area contributed by atoms with Gasteiger partial charge < -0.3 is 4.90 Å². The number of carbonyl (C=O) groups excluding carboxylic acids is 1. The van der Waals surface area contributed by atoms with Gasteiger partial charge in [0.2, 0.25) is 0 Å². The van der Waals surface area contributed by atoms with Crippen LogP contribution in [0.4, 0.5) is 0 Å². The number of amides is 1. The van der Waals surface area contributed by atoms with Crippen molar-refractivity contribution in [2.24, 2.45) is 0 Å². The third-order valence-corrected chi connectivity index (χ3v) is 4.52. The molecule has 3 aromatic rings. The molecule has 1 aliphatic rings. The molecular formula is C18H19N7O. The maximum atomic E-state index is 12.8. The molecule has 4 rings (SSSR count). The molecule has 1 saturated heterocycles. The van der Waals surface area contributed by atoms with Crippen LogP contribution in [0.1, 0.15) is 15.9 Å². The minimum Gasteiger partial charge on any atom is -0.336 e. The first-order valence-electron chi connectivity index (χ1n) is 8.53. The zero-order chi connectivity index (χ0) is 17.8. The topological polar surface area (TPSA) is 80.0 Å². The van der Waals surface area contributed by atoms with E-state index in [1.54, 1.807) is 4.68 Å². The van der Waals surface area contributed by atoms with E-state index in [1.807, 2.05) is 53.7 Å². The van der Waals surface area contributed by atoms with Gasteiger partial charge in [-0.3, -0.25) is 14.7 Å². The molecule has 1 aromatic carbocycles. The average Bonchev–Trinajstić information content (AvgIpc) is 3.24. The molecule has 1 aliphatic heterocycles. The number of pyridine rings is 1. The Bertz CT molecular complexity index is 858. The lowest BCUT2D eigenvalue weighted by atomic mass is 10.1. The fraction of sp³-hybridized carbons (Fsp3) is 0.278. The van der Waals surface area contributed by atoms with Crippen molar-refractivity contribution in [2.45, 2.75) is 6.54 Å². The highest BCUT2D eigenvalue weighted by Gasteiger charge is 2.22. The summed E-state index contributed by atoms with van der Waals surface area (Å²) in [5.41, 5.74) is 2.67. The monoisotopic (exact) mass is 349 g/mol. The molecule has 1 fully saturated rings. The number of hydrogen-bond donors (Lipinski definition) is 0. The van der Waals surface area contributed by atoms with Crippen molar-refractivity contribution >= 4 is 5.91 Å². The summed E-state index contributed by atoms with van der Waals surface area (Å²) in [5.74, 6) is 0.0449. The van der Waals surface area contributed by atoms with Crippen LogP contribution in [0.2, 0.25) is 0 Å². The average molecular weight is 349 g/mol. The summed E-state index contributed by atoms with van der Waals surface area (Å²) >= 11 is 0. The van der Waals surface area contributed by atoms with E-state index in [0.717, 1.165) is 38.4 Å². The number of rotatable bonds is 4. The summed E-state index contributed by atoms with van der Waals surface area (Å²) in [4.78, 5) is 21.1. The zero-order valence-electron chi connectivity index (χ0n) is 14.3. The molecule has 0 saturated carbocycles. The summed E-state index contributed by atoms with van der Waals surface area (Å²) in [6.07, 6.45) is 5.14. The molecule has 0 atom stereocenters. The van der Waals surface area contributed by atoms with E-state index < -0.39 is 0 Å². The number of piperazine rings is 1. The molecule has 8 nitrogen and oxygen atoms in total. The van der Waals surface area contributed by atoms with Gasteiger partial charge in [0.15, 0.2) is 0 Å². The van der Waals surface area contributed by atoms with Crippen molar-refractivity contribution in [3.63, 3.8) is 0 Å². The normalized spacial score (nSPS) is 15.2. The van der Waals surface area contributed by atoms with E-state index in [2.05, 4.69) is 25.4 Å². The predicted molar refractivity (Wildman–Crippen MR) is 94.6 cm³/mol. The van der Waals surface area contributed by atoms with Crippen LogP contribution in [0.3, 0.4) is 0 Å². The molecule has 8 heteroatoms. The molecule has 0 unspecified atom stereocenters. The number of nitrogens with zero attached hydrogens (tertiary/aromatic N) is 7. The Labute approximate surface area is 151 Å². The molecule has 3 heterocycles. The molecule has 0 aliphatic carbocycles. The summed E-state index contributed by atoms with van der Waals surface area (Å²) in [5, 5.41) is 11.1. The number of carbonyl (C=O) groups is 1. The third-order valence-electron chi connectivity index (χ3n) is 4.52. The highest BCUT2D eigenvalue weighted by molar-refractivity contribution is 5.94. The fourth-order valence-corrected chi connectivity index (χ4v) is 3.10. The van der Waals surface area contributed by atoms with E-state index in [0.29, 0.717) is 5.56 Å². The van der Waals surface area contributed by atoms with Crippen molar-refractivity contribution < 1.29 is 4.79 Å². The highest BCUT2D eigenvalue weighted by atomic mass is 16.2. The van der Waals surface area contributed by atoms with Crippen molar-refractivity contribution in [2.75, 3.05) is 26.2 Å². The third kappa shape index (κ3) is 3.60. The van der Waals surface area contributed by atoms with Gasteiger partial charge in [-0.15, -0.1) is 5.10 Å². The maximum absolute atomic E-state index is 12.8. The van der Waals surface area contributed by atoms with Crippen LogP contribution in [0.5, 0.6) is 0 Å². The summed E-state index contributed by atoms with van der Waals surface area (Å²) in [6, 6.07) is 11.4. The lowest BCUT2D eigenvalue weighted by molar-refractivity contribution is 0.0628. The zero-order valence-corrected chi connectivity index (χ0v) is 14.3. The minimum atomic E-state index is 0.0449. The van der Waals surface area contributed by atoms with Crippen molar-refractivity contribution in [3.8, 4) is 5.69 Å². The van der Waals surface area contributed by atoms with Crippen LogP contribution >= 0.6 is 0 Å². The van der Waals surface area contributed by atoms with Crippen molar-refractivity contribution in [3.05, 3.63) is 66.2 Å². The van der Waals surface area contributed by atoms with E-state index in [4.69, 9.17) is 0 Å². The Morgan fingerprint density at radius 1 is 1.04 bits per heavy atom. The molecule has 132 valence electrons. The summed E-state index contributed by atoms with van der Waals surface area (Å²) < 4.78 is 1.55. The second kappa shape index (κ2) is 7.40. The van der Waals surface area contributed by atoms with E-state index in [9.17, 15) is 4.79 Å². The van der Waals surface area contributed by atoms with Crippen LogP contribution in [-0.2, 0) is 6.54 Å². The number of benzene rings is 1. The van der Waals surface area contributed by atoms with Gasteiger partial charge in [-0.05, 0) is 46.3 Å². The Morgan fingerprint density at radius 2 is 1.85 bits per heavy atom. The maximum Gasteiger partial charge on any atom is 0.254 e. The lowest BCUT2D eigenvalue weighted by Gasteiger charge is -2.34. The smallest absolute Gasteiger partial charge is 0.254 e. The Hall–Kier alpha value is -3.13. The van der Waals surface area contributed by atoms with Gasteiger partial charge in [0.25, 0.3) is 5.91 Å². The van der Waals surface area contributed by atoms with Gasteiger partial charge in [-0.2, -0.15) is 0 Å². The van der Waals surface area contributed by atoms with E-state index in [1.165, 1.54) is 11.9 Å². The van der Waals surface area contributed by atoms with E-state index in [-0.39, 0.29) is 5.91 Å². The highest BCUT2D eigenvalue weighted by Crippen LogP contribution is 2.14. The quantitative estimate of drug-likeness (QED) is 0.699. The predicted octanol–water partition coefficient (Wildman–Crippen LogP) is 1.02. The first kappa shape index (κ1) is 16.3. The molecule has 0 bridgehead atoms. The molecule has 0 radical (unpaired) electrons. The molecule has 2 aromatic heterocycles. The standard InChI is InChI=1S/C18H19N7O/c26-18(16-2-1-3-17(12-16)25-14-20-21-22-25)24-10-8-23(9-11-24)13-15-4-6-19-7-5-15/h1-7,12,14H,8-11,13H2. The van der Waals surface area contributed by atoms with Crippen molar-refractivity contribution in [1.29, 1.82) is 0 Å². The number of aromatic nitrogens is 5. The Balaban J connectivity index is 1.39. The second-order valence-corrected chi connectivity index (χ2v) is 6.23. The van der Waals surface area contributed by atoms with Crippen LogP contribution in [0, 0.1) is 0 Å². The van der Waals surface area contributed by atoms with E-state index >= 15 is 0 Å². The first-order chi connectivity index (χ1) is 12.8. The fourth-order valence-electron chi connectivity index (χ4n) is 3.10. The van der Waals surface area contributed by atoms with Crippen LogP contribution in [0.25, 0.3) is 5.69 Å². The first-order valence-corrected chi connectivity index (χ1v) is 8.53. The number of tetrazole rings is 1. The second-order valence-electron chi connectivity index (χ2n) is 6.23. The molecule has 0 spiro atoms. The SMILES string of the molecule is O=C(c1cccc(-n2cnnn2)c1)N1CCN(Cc2ccncc2)CC1. The summed E-state index contributed by atoms with van der Waals surface area (Å²) in [7, 11) is 0. The van der Waals surface area contributed by atoms with Gasteiger partial charge in [0, 0.05) is 50.7 Å². The van der Waals surface area contributed by atoms with Crippen LogP contribution < -0.4 is 0 Å². The summed E-state index contributed by atoms with van der Waals surface area (Å²) in [6.45, 7) is 4.05. The molecule has 1 amide bonds. The Morgan fingerprint density at radius 3 is 2.58 bits per heavy atom. The number of hydrogen-bond acceptors (Lipinski definition) is 6. The van der Waals surface area contributed by atoms with Crippen LogP contribution in [-0.4, -0.2) is 67.1 Å². The largest absolute Gasteiger partial charge is 0.336 e. The van der Waals surface area contributed by atoms with Gasteiger partial charge in [-0.25, -0.2) is 4.68 Å². The molecular weight excluding hydrogens is 330 g/mol.